The van der Waals surface area contributed by atoms with Crippen molar-refractivity contribution < 1.29 is 37.0 Å². The lowest BCUT2D eigenvalue weighted by molar-refractivity contribution is -0.153. The molecule has 39 heavy (non-hydrogen) atoms. The Hall–Kier alpha value is -3.19. The van der Waals surface area contributed by atoms with Gasteiger partial charge in [-0.15, -0.1) is 0 Å². The van der Waals surface area contributed by atoms with Crippen LogP contribution in [0.1, 0.15) is 66.0 Å². The largest absolute Gasteiger partial charge is 0.480 e. The number of carbonyl (C=O) groups excluding carboxylic acids is 1. The van der Waals surface area contributed by atoms with Gasteiger partial charge in [0.2, 0.25) is 5.76 Å². The quantitative estimate of drug-likeness (QED) is 0.282. The number of nitrogens with zero attached hydrogens (tertiary/aromatic N) is 3. The minimum atomic E-state index is -4.94. The molecule has 3 rings (SSSR count). The van der Waals surface area contributed by atoms with Gasteiger partial charge in [-0.25, -0.2) is 14.8 Å². The molecule has 0 saturated carbocycles. The summed E-state index contributed by atoms with van der Waals surface area (Å²) in [6, 6.07) is 2.77. The average molecular weight is 556 g/mol. The molecule has 0 bridgehead atoms. The summed E-state index contributed by atoms with van der Waals surface area (Å²) in [7, 11) is 0. The molecule has 0 radical (unpaired) electrons. The molecule has 1 atom stereocenters. The van der Waals surface area contributed by atoms with Crippen LogP contribution < -0.4 is 10.6 Å². The van der Waals surface area contributed by atoms with Crippen LogP contribution in [0.2, 0.25) is 0 Å². The first-order valence-corrected chi connectivity index (χ1v) is 13.2. The van der Waals surface area contributed by atoms with Crippen LogP contribution in [0.4, 0.5) is 19.0 Å². The Balaban J connectivity index is 1.54. The van der Waals surface area contributed by atoms with Gasteiger partial charge in [0.05, 0.1) is 6.61 Å². The summed E-state index contributed by atoms with van der Waals surface area (Å²) in [5.74, 6) is -3.54. The number of anilines is 1. The van der Waals surface area contributed by atoms with Crippen molar-refractivity contribution >= 4 is 17.7 Å². The van der Waals surface area contributed by atoms with Gasteiger partial charge < -0.3 is 29.8 Å². The molecule has 0 aromatic carbocycles. The molecule has 1 amide bonds. The number of hydrogen-bond acceptors (Lipinski definition) is 8. The zero-order valence-corrected chi connectivity index (χ0v) is 22.3. The molecule has 1 aliphatic rings. The third-order valence-corrected chi connectivity index (χ3v) is 6.41. The number of halogens is 3. The van der Waals surface area contributed by atoms with Crippen LogP contribution in [-0.4, -0.2) is 77.3 Å². The van der Waals surface area contributed by atoms with E-state index in [2.05, 4.69) is 32.2 Å². The van der Waals surface area contributed by atoms with E-state index in [1.807, 2.05) is 11.8 Å². The highest BCUT2D eigenvalue weighted by Crippen LogP contribution is 2.32. The highest BCUT2D eigenvalue weighted by molar-refractivity contribution is 5.95. The number of ether oxygens (including phenoxy) is 1. The van der Waals surface area contributed by atoms with Crippen LogP contribution in [0.25, 0.3) is 0 Å². The van der Waals surface area contributed by atoms with Crippen molar-refractivity contribution in [3.8, 4) is 0 Å². The van der Waals surface area contributed by atoms with Crippen molar-refractivity contribution in [2.24, 2.45) is 0 Å². The Morgan fingerprint density at radius 2 is 2.03 bits per heavy atom. The molecule has 1 aliphatic heterocycles. The van der Waals surface area contributed by atoms with Gasteiger partial charge in [0, 0.05) is 38.9 Å². The monoisotopic (exact) mass is 555 g/mol. The number of carboxylic acids is 1. The second-order valence-corrected chi connectivity index (χ2v) is 9.40. The van der Waals surface area contributed by atoms with Gasteiger partial charge in [-0.05, 0) is 63.6 Å². The Labute approximate surface area is 225 Å². The number of amides is 1. The summed E-state index contributed by atoms with van der Waals surface area (Å²) in [5.41, 5.74) is 1.27. The van der Waals surface area contributed by atoms with Crippen molar-refractivity contribution in [3.63, 3.8) is 0 Å². The number of carbonyl (C=O) groups is 2. The van der Waals surface area contributed by atoms with Gasteiger partial charge in [-0.3, -0.25) is 4.79 Å². The van der Waals surface area contributed by atoms with Crippen molar-refractivity contribution in [2.45, 2.75) is 64.6 Å². The summed E-state index contributed by atoms with van der Waals surface area (Å²) in [6.07, 6.45) is -0.300. The molecule has 216 valence electrons. The smallest absolute Gasteiger partial charge is 0.452 e. The molecule has 1 unspecified atom stereocenters. The van der Waals surface area contributed by atoms with E-state index < -0.39 is 35.5 Å². The normalized spacial score (nSPS) is 14.1. The first kappa shape index (κ1) is 30.4. The molecule has 0 fully saturated rings. The number of rotatable bonds is 15. The number of aliphatic carboxylic acids is 1. The highest BCUT2D eigenvalue weighted by Gasteiger charge is 2.42. The topological polar surface area (TPSA) is 130 Å². The number of nitrogens with one attached hydrogen (secondary N) is 2. The molecule has 0 aliphatic carbocycles. The van der Waals surface area contributed by atoms with E-state index in [0.717, 1.165) is 50.2 Å². The van der Waals surface area contributed by atoms with E-state index in [4.69, 9.17) is 9.72 Å². The molecular weight excluding hydrogens is 519 g/mol. The zero-order valence-electron chi connectivity index (χ0n) is 22.3. The molecule has 2 aromatic rings. The maximum Gasteiger partial charge on any atom is 0.452 e. The summed E-state index contributed by atoms with van der Waals surface area (Å²) in [4.78, 5) is 34.5. The Morgan fingerprint density at radius 3 is 2.74 bits per heavy atom. The third-order valence-electron chi connectivity index (χ3n) is 6.41. The summed E-state index contributed by atoms with van der Waals surface area (Å²) in [6.45, 7) is 6.49. The van der Waals surface area contributed by atoms with Gasteiger partial charge in [-0.2, -0.15) is 13.2 Å². The SMILES string of the molecule is CCOCCN(CCCCc1ccc2c(n1)NCCC2)CCC(NC(=O)c1nc(C)oc1C(F)(F)F)C(=O)O. The number of alkyl halides is 3. The first-order valence-electron chi connectivity index (χ1n) is 13.2. The van der Waals surface area contributed by atoms with Crippen LogP contribution in [0.5, 0.6) is 0 Å². The molecule has 2 aromatic heterocycles. The van der Waals surface area contributed by atoms with Crippen LogP contribution in [-0.2, 0) is 28.5 Å². The van der Waals surface area contributed by atoms with Crippen LogP contribution in [0.3, 0.4) is 0 Å². The van der Waals surface area contributed by atoms with Crippen molar-refractivity contribution in [1.29, 1.82) is 0 Å². The number of fused-ring (bicyclic) bond motifs is 1. The van der Waals surface area contributed by atoms with E-state index in [0.29, 0.717) is 32.8 Å². The van der Waals surface area contributed by atoms with Gasteiger partial charge in [0.15, 0.2) is 11.6 Å². The Kier molecular flexibility index (Phi) is 11.1. The number of aryl methyl sites for hydroxylation is 3. The Morgan fingerprint density at radius 1 is 1.23 bits per heavy atom. The first-order chi connectivity index (χ1) is 18.6. The maximum atomic E-state index is 13.2. The summed E-state index contributed by atoms with van der Waals surface area (Å²) in [5, 5.41) is 15.1. The van der Waals surface area contributed by atoms with Crippen molar-refractivity contribution in [2.75, 3.05) is 44.7 Å². The Bertz CT molecular complexity index is 1110. The number of hydrogen-bond donors (Lipinski definition) is 3. The molecule has 0 spiro atoms. The minimum absolute atomic E-state index is 0.0105. The average Bonchev–Trinajstić information content (AvgIpc) is 3.30. The molecule has 0 saturated heterocycles. The third kappa shape index (κ3) is 9.20. The number of aromatic nitrogens is 2. The van der Waals surface area contributed by atoms with E-state index >= 15 is 0 Å². The fourth-order valence-corrected chi connectivity index (χ4v) is 4.39. The predicted octanol–water partition coefficient (Wildman–Crippen LogP) is 3.69. The van der Waals surface area contributed by atoms with Crippen LogP contribution in [0.15, 0.2) is 16.5 Å². The van der Waals surface area contributed by atoms with E-state index in [9.17, 15) is 27.9 Å². The standard InChI is InChI=1S/C26H36F3N5O5/c1-3-38-16-15-34(13-5-4-8-19-10-9-18-7-6-12-30-23(18)32-19)14-11-20(25(36)37)33-24(35)21-22(26(27,28)29)39-17(2)31-21/h9-10,20H,3-8,11-16H2,1-2H3,(H,30,32)(H,33,35)(H,36,37). The molecule has 3 heterocycles. The molecular formula is C26H36F3N5O5. The predicted molar refractivity (Wildman–Crippen MR) is 137 cm³/mol. The zero-order chi connectivity index (χ0) is 28.4. The lowest BCUT2D eigenvalue weighted by Crippen LogP contribution is -2.44. The van der Waals surface area contributed by atoms with Crippen molar-refractivity contribution in [1.82, 2.24) is 20.2 Å². The van der Waals surface area contributed by atoms with E-state index in [1.165, 1.54) is 12.5 Å². The summed E-state index contributed by atoms with van der Waals surface area (Å²) < 4.78 is 49.6. The lowest BCUT2D eigenvalue weighted by atomic mass is 10.1. The van der Waals surface area contributed by atoms with Gasteiger partial charge in [-0.1, -0.05) is 6.07 Å². The second-order valence-electron chi connectivity index (χ2n) is 9.40. The summed E-state index contributed by atoms with van der Waals surface area (Å²) >= 11 is 0. The number of pyridine rings is 1. The number of oxazole rings is 1. The lowest BCUT2D eigenvalue weighted by Gasteiger charge is -2.24. The second kappa shape index (κ2) is 14.3. The fourth-order valence-electron chi connectivity index (χ4n) is 4.39. The van der Waals surface area contributed by atoms with Gasteiger partial charge in [0.25, 0.3) is 5.91 Å². The minimum Gasteiger partial charge on any atom is -0.480 e. The fraction of sp³-hybridized carbons (Fsp3) is 0.615. The van der Waals surface area contributed by atoms with Gasteiger partial charge >= 0.3 is 12.1 Å². The van der Waals surface area contributed by atoms with Crippen molar-refractivity contribution in [3.05, 3.63) is 40.7 Å². The number of carboxylic acid groups (broad SMARTS) is 1. The maximum absolute atomic E-state index is 13.2. The van der Waals surface area contributed by atoms with Gasteiger partial charge in [0.1, 0.15) is 11.9 Å². The molecule has 10 nitrogen and oxygen atoms in total. The molecule has 3 N–H and O–H groups in total. The van der Waals surface area contributed by atoms with Crippen LogP contribution >= 0.6 is 0 Å². The van der Waals surface area contributed by atoms with Crippen LogP contribution in [0, 0.1) is 6.92 Å². The number of unbranched alkanes of at least 4 members (excludes halogenated alkanes) is 1. The van der Waals surface area contributed by atoms with E-state index in [1.54, 1.807) is 0 Å². The molecule has 13 heteroatoms. The van der Waals surface area contributed by atoms with E-state index in [-0.39, 0.29) is 12.3 Å². The highest BCUT2D eigenvalue weighted by atomic mass is 19.4.